The van der Waals surface area contributed by atoms with Crippen molar-refractivity contribution in [2.24, 2.45) is 4.99 Å². The Kier molecular flexibility index (Phi) is 8.01. The summed E-state index contributed by atoms with van der Waals surface area (Å²) in [6, 6.07) is 7.98. The van der Waals surface area contributed by atoms with Crippen LogP contribution in [-0.2, 0) is 17.9 Å². The van der Waals surface area contributed by atoms with Crippen LogP contribution in [0, 0.1) is 6.92 Å². The van der Waals surface area contributed by atoms with Crippen LogP contribution in [-0.4, -0.2) is 35.1 Å². The summed E-state index contributed by atoms with van der Waals surface area (Å²) >= 11 is 0. The highest BCUT2D eigenvalue weighted by molar-refractivity contribution is 14.0. The number of amides is 1. The van der Waals surface area contributed by atoms with Crippen molar-refractivity contribution in [2.75, 3.05) is 18.0 Å². The lowest BCUT2D eigenvalue weighted by Crippen LogP contribution is -2.36. The van der Waals surface area contributed by atoms with E-state index in [0.717, 1.165) is 30.8 Å². The lowest BCUT2D eigenvalue weighted by molar-refractivity contribution is -0.117. The monoisotopic (exact) mass is 484 g/mol. The van der Waals surface area contributed by atoms with E-state index in [4.69, 9.17) is 4.52 Å². The molecule has 1 fully saturated rings. The Morgan fingerprint density at radius 3 is 2.67 bits per heavy atom. The van der Waals surface area contributed by atoms with Crippen LogP contribution in [0.15, 0.2) is 33.8 Å². The third-order valence-electron chi connectivity index (χ3n) is 4.06. The fourth-order valence-electron chi connectivity index (χ4n) is 2.79. The summed E-state index contributed by atoms with van der Waals surface area (Å²) in [5.41, 5.74) is 2.03. The molecule has 3 rings (SSSR count). The standard InChI is InChI=1S/C18H24N6O2.HI/c1-3-19-18(21-12-16-22-13(2)23-26-16)20-11-14-6-8-15(9-7-14)24-10-4-5-17(24)25;/h6-9H,3-5,10-12H2,1-2H3,(H2,19,20,21);1H. The second-order valence-electron chi connectivity index (χ2n) is 6.10. The van der Waals surface area contributed by atoms with Gasteiger partial charge in [-0.05, 0) is 38.0 Å². The van der Waals surface area contributed by atoms with Gasteiger partial charge in [0, 0.05) is 25.2 Å². The molecule has 2 aromatic rings. The summed E-state index contributed by atoms with van der Waals surface area (Å²) < 4.78 is 5.09. The molecular weight excluding hydrogens is 459 g/mol. The van der Waals surface area contributed by atoms with Crippen LogP contribution >= 0.6 is 24.0 Å². The number of guanidine groups is 1. The predicted octanol–water partition coefficient (Wildman–Crippen LogP) is 2.38. The van der Waals surface area contributed by atoms with Gasteiger partial charge in [-0.15, -0.1) is 24.0 Å². The predicted molar refractivity (Wildman–Crippen MR) is 114 cm³/mol. The van der Waals surface area contributed by atoms with Crippen molar-refractivity contribution >= 4 is 41.5 Å². The molecule has 8 nitrogen and oxygen atoms in total. The molecule has 1 aromatic heterocycles. The fourth-order valence-corrected chi connectivity index (χ4v) is 2.79. The van der Waals surface area contributed by atoms with Crippen molar-refractivity contribution in [3.05, 3.63) is 41.5 Å². The van der Waals surface area contributed by atoms with Crippen LogP contribution < -0.4 is 15.5 Å². The summed E-state index contributed by atoms with van der Waals surface area (Å²) in [5.74, 6) is 2.01. The van der Waals surface area contributed by atoms with Gasteiger partial charge in [0.2, 0.25) is 11.8 Å². The maximum Gasteiger partial charge on any atom is 0.246 e. The topological polar surface area (TPSA) is 95.7 Å². The molecule has 2 N–H and O–H groups in total. The highest BCUT2D eigenvalue weighted by atomic mass is 127. The Hall–Kier alpha value is -2.17. The summed E-state index contributed by atoms with van der Waals surface area (Å²) in [6.45, 7) is 6.31. The summed E-state index contributed by atoms with van der Waals surface area (Å²) in [5, 5.41) is 10.1. The lowest BCUT2D eigenvalue weighted by atomic mass is 10.2. The number of nitrogens with zero attached hydrogens (tertiary/aromatic N) is 4. The van der Waals surface area contributed by atoms with E-state index in [-0.39, 0.29) is 29.9 Å². The summed E-state index contributed by atoms with van der Waals surface area (Å²) in [4.78, 5) is 22.4. The number of halogens is 1. The Balaban J connectivity index is 0.00000261. The molecule has 27 heavy (non-hydrogen) atoms. The molecule has 0 unspecified atom stereocenters. The minimum Gasteiger partial charge on any atom is -0.357 e. The van der Waals surface area contributed by atoms with Crippen LogP contribution in [0.4, 0.5) is 5.69 Å². The van der Waals surface area contributed by atoms with Gasteiger partial charge >= 0.3 is 0 Å². The third-order valence-corrected chi connectivity index (χ3v) is 4.06. The molecule has 0 atom stereocenters. The minimum atomic E-state index is 0. The second kappa shape index (κ2) is 10.2. The first-order valence-corrected chi connectivity index (χ1v) is 8.86. The van der Waals surface area contributed by atoms with Gasteiger partial charge in [-0.2, -0.15) is 4.98 Å². The number of aliphatic imine (C=N–C) groups is 1. The van der Waals surface area contributed by atoms with E-state index in [1.807, 2.05) is 36.1 Å². The normalized spacial score (nSPS) is 14.2. The van der Waals surface area contributed by atoms with Crippen molar-refractivity contribution in [1.29, 1.82) is 0 Å². The van der Waals surface area contributed by atoms with E-state index in [9.17, 15) is 4.79 Å². The number of anilines is 1. The molecule has 0 saturated carbocycles. The second-order valence-corrected chi connectivity index (χ2v) is 6.10. The molecule has 0 aliphatic carbocycles. The van der Waals surface area contributed by atoms with Gasteiger partial charge in [-0.25, -0.2) is 4.99 Å². The van der Waals surface area contributed by atoms with Gasteiger partial charge in [-0.1, -0.05) is 17.3 Å². The zero-order valence-corrected chi connectivity index (χ0v) is 17.9. The lowest BCUT2D eigenvalue weighted by Gasteiger charge is -2.15. The number of rotatable bonds is 6. The van der Waals surface area contributed by atoms with E-state index in [2.05, 4.69) is 25.8 Å². The molecule has 1 saturated heterocycles. The average molecular weight is 484 g/mol. The first-order chi connectivity index (χ1) is 12.7. The van der Waals surface area contributed by atoms with E-state index in [0.29, 0.717) is 37.2 Å². The minimum absolute atomic E-state index is 0. The SMILES string of the molecule is CCNC(=NCc1ccc(N2CCCC2=O)cc1)NCc1nc(C)no1.I. The zero-order chi connectivity index (χ0) is 18.4. The molecule has 146 valence electrons. The van der Waals surface area contributed by atoms with Crippen molar-refractivity contribution in [2.45, 2.75) is 39.8 Å². The quantitative estimate of drug-likeness (QED) is 0.372. The van der Waals surface area contributed by atoms with Gasteiger partial charge in [0.05, 0.1) is 13.1 Å². The molecule has 1 aromatic carbocycles. The third kappa shape index (κ3) is 5.91. The maximum atomic E-state index is 11.8. The van der Waals surface area contributed by atoms with Crippen LogP contribution in [0.25, 0.3) is 0 Å². The molecular formula is C18H25IN6O2. The smallest absolute Gasteiger partial charge is 0.246 e. The number of nitrogens with one attached hydrogen (secondary N) is 2. The highest BCUT2D eigenvalue weighted by Crippen LogP contribution is 2.21. The number of benzene rings is 1. The summed E-state index contributed by atoms with van der Waals surface area (Å²) in [6.07, 6.45) is 1.57. The molecule has 0 radical (unpaired) electrons. The van der Waals surface area contributed by atoms with Gasteiger partial charge in [-0.3, -0.25) is 4.79 Å². The van der Waals surface area contributed by atoms with Gasteiger partial charge in [0.1, 0.15) is 0 Å². The largest absolute Gasteiger partial charge is 0.357 e. The van der Waals surface area contributed by atoms with Crippen LogP contribution in [0.5, 0.6) is 0 Å². The highest BCUT2D eigenvalue weighted by Gasteiger charge is 2.21. The molecule has 1 aliphatic rings. The number of hydrogen-bond acceptors (Lipinski definition) is 5. The number of carbonyl (C=O) groups is 1. The Labute approximate surface area is 175 Å². The molecule has 0 bridgehead atoms. The fraction of sp³-hybridized carbons (Fsp3) is 0.444. The zero-order valence-electron chi connectivity index (χ0n) is 15.6. The van der Waals surface area contributed by atoms with Crippen LogP contribution in [0.3, 0.4) is 0 Å². The summed E-state index contributed by atoms with van der Waals surface area (Å²) in [7, 11) is 0. The number of aryl methyl sites for hydroxylation is 1. The molecule has 9 heteroatoms. The molecule has 0 spiro atoms. The molecule has 2 heterocycles. The first kappa shape index (κ1) is 21.1. The Bertz CT molecular complexity index is 774. The van der Waals surface area contributed by atoms with Crippen LogP contribution in [0.2, 0.25) is 0 Å². The van der Waals surface area contributed by atoms with Gasteiger partial charge in [0.25, 0.3) is 0 Å². The maximum absolute atomic E-state index is 11.8. The van der Waals surface area contributed by atoms with Crippen molar-refractivity contribution in [3.63, 3.8) is 0 Å². The number of aromatic nitrogens is 2. The average Bonchev–Trinajstić information content (AvgIpc) is 3.26. The van der Waals surface area contributed by atoms with E-state index < -0.39 is 0 Å². The van der Waals surface area contributed by atoms with Gasteiger partial charge < -0.3 is 20.1 Å². The van der Waals surface area contributed by atoms with Crippen molar-refractivity contribution < 1.29 is 9.32 Å². The van der Waals surface area contributed by atoms with Crippen LogP contribution in [0.1, 0.15) is 37.0 Å². The van der Waals surface area contributed by atoms with Crippen molar-refractivity contribution in [3.8, 4) is 0 Å². The van der Waals surface area contributed by atoms with E-state index in [1.54, 1.807) is 6.92 Å². The first-order valence-electron chi connectivity index (χ1n) is 8.86. The van der Waals surface area contributed by atoms with Gasteiger partial charge in [0.15, 0.2) is 11.8 Å². The van der Waals surface area contributed by atoms with E-state index in [1.165, 1.54) is 0 Å². The van der Waals surface area contributed by atoms with Crippen molar-refractivity contribution in [1.82, 2.24) is 20.8 Å². The Morgan fingerprint density at radius 1 is 1.30 bits per heavy atom. The molecule has 1 amide bonds. The van der Waals surface area contributed by atoms with E-state index >= 15 is 0 Å². The molecule has 1 aliphatic heterocycles. The number of carbonyl (C=O) groups excluding carboxylic acids is 1. The number of hydrogen-bond donors (Lipinski definition) is 2. The Morgan fingerprint density at radius 2 is 2.07 bits per heavy atom.